The highest BCUT2D eigenvalue weighted by atomic mass is 32.1. The number of allylic oxidation sites excluding steroid dienone is 1. The maximum absolute atomic E-state index is 9.51. The topological polar surface area (TPSA) is 36.7 Å². The molecule has 0 bridgehead atoms. The van der Waals surface area contributed by atoms with Crippen molar-refractivity contribution in [2.24, 2.45) is 0 Å². The van der Waals surface area contributed by atoms with Crippen LogP contribution in [0.3, 0.4) is 0 Å². The third-order valence-electron chi connectivity index (χ3n) is 3.90. The van der Waals surface area contributed by atoms with E-state index in [2.05, 4.69) is 61.3 Å². The highest BCUT2D eigenvalue weighted by Gasteiger charge is 2.09. The SMILES string of the molecule is CCc1ccc(/C=C(\C#N)c2nc(-c3ccc(C)cc3)cs2)cc1. The molecule has 0 atom stereocenters. The first-order valence-corrected chi connectivity index (χ1v) is 8.81. The van der Waals surface area contributed by atoms with Crippen LogP contribution in [0.2, 0.25) is 0 Å². The summed E-state index contributed by atoms with van der Waals surface area (Å²) in [5.74, 6) is 0. The summed E-state index contributed by atoms with van der Waals surface area (Å²) in [4.78, 5) is 4.64. The van der Waals surface area contributed by atoms with Crippen molar-refractivity contribution in [1.82, 2.24) is 4.98 Å². The van der Waals surface area contributed by atoms with Crippen LogP contribution in [0.1, 0.15) is 28.6 Å². The summed E-state index contributed by atoms with van der Waals surface area (Å²) in [5, 5.41) is 12.3. The van der Waals surface area contributed by atoms with Crippen molar-refractivity contribution in [3.8, 4) is 17.3 Å². The minimum absolute atomic E-state index is 0.600. The molecule has 2 nitrogen and oxygen atoms in total. The molecule has 3 aromatic rings. The zero-order chi connectivity index (χ0) is 16.9. The summed E-state index contributed by atoms with van der Waals surface area (Å²) in [7, 11) is 0. The molecule has 3 heteroatoms. The van der Waals surface area contributed by atoms with Crippen molar-refractivity contribution in [3.63, 3.8) is 0 Å². The van der Waals surface area contributed by atoms with Crippen molar-refractivity contribution in [3.05, 3.63) is 75.6 Å². The molecule has 0 aliphatic heterocycles. The van der Waals surface area contributed by atoms with Gasteiger partial charge >= 0.3 is 0 Å². The number of nitriles is 1. The van der Waals surface area contributed by atoms with Gasteiger partial charge in [-0.1, -0.05) is 61.0 Å². The van der Waals surface area contributed by atoms with Gasteiger partial charge in [0.05, 0.1) is 11.3 Å². The van der Waals surface area contributed by atoms with Crippen molar-refractivity contribution in [2.45, 2.75) is 20.3 Å². The lowest BCUT2D eigenvalue weighted by Crippen LogP contribution is -1.84. The van der Waals surface area contributed by atoms with Gasteiger partial charge in [-0.3, -0.25) is 0 Å². The van der Waals surface area contributed by atoms with Gasteiger partial charge in [0.2, 0.25) is 0 Å². The third-order valence-corrected chi connectivity index (χ3v) is 4.78. The van der Waals surface area contributed by atoms with Gasteiger partial charge in [0.1, 0.15) is 11.1 Å². The summed E-state index contributed by atoms with van der Waals surface area (Å²) in [6.07, 6.45) is 2.92. The van der Waals surface area contributed by atoms with Crippen LogP contribution in [0.15, 0.2) is 53.9 Å². The van der Waals surface area contributed by atoms with Crippen LogP contribution in [0.25, 0.3) is 22.9 Å². The molecule has 0 aliphatic carbocycles. The quantitative estimate of drug-likeness (QED) is 0.571. The van der Waals surface area contributed by atoms with E-state index in [0.29, 0.717) is 5.57 Å². The highest BCUT2D eigenvalue weighted by molar-refractivity contribution is 7.11. The number of hydrogen-bond donors (Lipinski definition) is 0. The Morgan fingerprint density at radius 1 is 1.12 bits per heavy atom. The first-order valence-electron chi connectivity index (χ1n) is 7.93. The maximum atomic E-state index is 9.51. The van der Waals surface area contributed by atoms with Gasteiger partial charge in [0, 0.05) is 10.9 Å². The molecule has 0 spiro atoms. The minimum Gasteiger partial charge on any atom is -0.235 e. The smallest absolute Gasteiger partial charge is 0.134 e. The van der Waals surface area contributed by atoms with E-state index in [4.69, 9.17) is 0 Å². The molecule has 0 saturated carbocycles. The average Bonchev–Trinajstić information content (AvgIpc) is 3.10. The Kier molecular flexibility index (Phi) is 4.88. The van der Waals surface area contributed by atoms with E-state index in [1.165, 1.54) is 22.5 Å². The lowest BCUT2D eigenvalue weighted by molar-refractivity contribution is 1.14. The second kappa shape index (κ2) is 7.25. The van der Waals surface area contributed by atoms with E-state index < -0.39 is 0 Å². The molecule has 2 aromatic carbocycles. The van der Waals surface area contributed by atoms with E-state index in [-0.39, 0.29) is 0 Å². The average molecular weight is 330 g/mol. The third kappa shape index (κ3) is 3.61. The van der Waals surface area contributed by atoms with E-state index in [1.807, 2.05) is 23.6 Å². The number of benzene rings is 2. The summed E-state index contributed by atoms with van der Waals surface area (Å²) in [6, 6.07) is 18.8. The second-order valence-electron chi connectivity index (χ2n) is 5.67. The number of hydrogen-bond acceptors (Lipinski definition) is 3. The van der Waals surface area contributed by atoms with E-state index in [9.17, 15) is 5.26 Å². The molecule has 0 aliphatic rings. The maximum Gasteiger partial charge on any atom is 0.134 e. The largest absolute Gasteiger partial charge is 0.235 e. The lowest BCUT2D eigenvalue weighted by atomic mass is 10.1. The number of rotatable bonds is 4. The Hall–Kier alpha value is -2.70. The van der Waals surface area contributed by atoms with Crippen LogP contribution >= 0.6 is 11.3 Å². The van der Waals surface area contributed by atoms with Gasteiger partial charge in [-0.2, -0.15) is 5.26 Å². The Morgan fingerprint density at radius 2 is 1.83 bits per heavy atom. The van der Waals surface area contributed by atoms with Crippen LogP contribution in [0, 0.1) is 18.3 Å². The Labute approximate surface area is 146 Å². The highest BCUT2D eigenvalue weighted by Crippen LogP contribution is 2.27. The van der Waals surface area contributed by atoms with Crippen LogP contribution in [0.4, 0.5) is 0 Å². The fourth-order valence-electron chi connectivity index (χ4n) is 2.41. The van der Waals surface area contributed by atoms with Gasteiger partial charge in [0.25, 0.3) is 0 Å². The van der Waals surface area contributed by atoms with Crippen molar-refractivity contribution in [2.75, 3.05) is 0 Å². The van der Waals surface area contributed by atoms with Crippen molar-refractivity contribution < 1.29 is 0 Å². The predicted octanol–water partition coefficient (Wildman–Crippen LogP) is 5.75. The van der Waals surface area contributed by atoms with Crippen LogP contribution in [-0.2, 0) is 6.42 Å². The zero-order valence-corrected chi connectivity index (χ0v) is 14.6. The number of nitrogens with zero attached hydrogens (tertiary/aromatic N) is 2. The van der Waals surface area contributed by atoms with E-state index in [0.717, 1.165) is 28.2 Å². The Bertz CT molecular complexity index is 894. The summed E-state index contributed by atoms with van der Waals surface area (Å²) in [6.45, 7) is 4.20. The number of aromatic nitrogens is 1. The molecule has 0 N–H and O–H groups in total. The summed E-state index contributed by atoms with van der Waals surface area (Å²) >= 11 is 1.51. The molecule has 24 heavy (non-hydrogen) atoms. The fourth-order valence-corrected chi connectivity index (χ4v) is 3.21. The summed E-state index contributed by atoms with van der Waals surface area (Å²) in [5.41, 5.74) is 6.13. The fraction of sp³-hybridized carbons (Fsp3) is 0.143. The van der Waals surface area contributed by atoms with Crippen LogP contribution in [-0.4, -0.2) is 4.98 Å². The van der Waals surface area contributed by atoms with E-state index >= 15 is 0 Å². The Morgan fingerprint density at radius 3 is 2.46 bits per heavy atom. The van der Waals surface area contributed by atoms with Crippen molar-refractivity contribution in [1.29, 1.82) is 5.26 Å². The molecule has 118 valence electrons. The molecule has 0 saturated heterocycles. The first-order chi connectivity index (χ1) is 11.7. The number of thiazole rings is 1. The molecule has 1 heterocycles. The molecule has 0 radical (unpaired) electrons. The predicted molar refractivity (Wildman–Crippen MR) is 102 cm³/mol. The zero-order valence-electron chi connectivity index (χ0n) is 13.8. The van der Waals surface area contributed by atoms with Gasteiger partial charge in [-0.15, -0.1) is 11.3 Å². The molecule has 0 unspecified atom stereocenters. The molecular weight excluding hydrogens is 312 g/mol. The van der Waals surface area contributed by atoms with Gasteiger partial charge < -0.3 is 0 Å². The Balaban J connectivity index is 1.90. The molecule has 1 aromatic heterocycles. The minimum atomic E-state index is 0.600. The molecular formula is C21H18N2S. The molecule has 0 fully saturated rings. The summed E-state index contributed by atoms with van der Waals surface area (Å²) < 4.78 is 0. The lowest BCUT2D eigenvalue weighted by Gasteiger charge is -1.99. The molecule has 3 rings (SSSR count). The van der Waals surface area contributed by atoms with Gasteiger partial charge in [-0.05, 0) is 30.5 Å². The van der Waals surface area contributed by atoms with Crippen LogP contribution < -0.4 is 0 Å². The van der Waals surface area contributed by atoms with Crippen molar-refractivity contribution >= 4 is 23.0 Å². The van der Waals surface area contributed by atoms with Gasteiger partial charge in [-0.25, -0.2) is 4.98 Å². The van der Waals surface area contributed by atoms with E-state index in [1.54, 1.807) is 0 Å². The van der Waals surface area contributed by atoms with Gasteiger partial charge in [0.15, 0.2) is 0 Å². The monoisotopic (exact) mass is 330 g/mol. The second-order valence-corrected chi connectivity index (χ2v) is 6.53. The molecule has 0 amide bonds. The first kappa shape index (κ1) is 16.2. The normalized spacial score (nSPS) is 11.3. The van der Waals surface area contributed by atoms with Crippen LogP contribution in [0.5, 0.6) is 0 Å². The standard InChI is InChI=1S/C21H18N2S/c1-3-16-6-8-17(9-7-16)12-19(13-22)21-23-20(14-24-21)18-10-4-15(2)5-11-18/h4-12,14H,3H2,1-2H3/b19-12+. The number of aryl methyl sites for hydroxylation is 2.